The molecule has 0 unspecified atom stereocenters. The minimum absolute atomic E-state index is 0.0574. The summed E-state index contributed by atoms with van der Waals surface area (Å²) in [6.07, 6.45) is 1.75. The number of rotatable bonds is 8. The lowest BCUT2D eigenvalue weighted by Crippen LogP contribution is -2.03. The topological polar surface area (TPSA) is 52.6 Å². The van der Waals surface area contributed by atoms with Gasteiger partial charge < -0.3 is 9.47 Å². The van der Waals surface area contributed by atoms with Crippen LogP contribution >= 0.6 is 11.3 Å². The first-order chi connectivity index (χ1) is 15.1. The molecule has 4 nitrogen and oxygen atoms in total. The smallest absolute Gasteiger partial charge is 0.195 e. The van der Waals surface area contributed by atoms with Crippen LogP contribution in [0.2, 0.25) is 0 Å². The van der Waals surface area contributed by atoms with Gasteiger partial charge in [0.05, 0.1) is 13.7 Å². The Kier molecular flexibility index (Phi) is 6.14. The molecule has 5 heteroatoms. The number of aldehydes is 1. The summed E-state index contributed by atoms with van der Waals surface area (Å²) < 4.78 is 11.8. The van der Waals surface area contributed by atoms with Gasteiger partial charge in [-0.3, -0.25) is 9.59 Å². The first-order valence-electron chi connectivity index (χ1n) is 10.1. The summed E-state index contributed by atoms with van der Waals surface area (Å²) in [5, 5.41) is 0.845. The molecule has 0 saturated carbocycles. The van der Waals surface area contributed by atoms with Crippen LogP contribution in [0.4, 0.5) is 0 Å². The molecule has 156 valence electrons. The molecule has 1 heterocycles. The SMILES string of the molecule is CCCOc1ccc(C(=O)c2c(-c3ccc(OC)cc3)sc3cc(C=O)ccc23)cc1. The summed E-state index contributed by atoms with van der Waals surface area (Å²) in [7, 11) is 1.62. The molecule has 0 bridgehead atoms. The quantitative estimate of drug-likeness (QED) is 0.239. The van der Waals surface area contributed by atoms with Gasteiger partial charge in [0, 0.05) is 31.7 Å². The van der Waals surface area contributed by atoms with Gasteiger partial charge in [-0.2, -0.15) is 0 Å². The molecule has 0 saturated heterocycles. The zero-order chi connectivity index (χ0) is 21.8. The molecule has 0 amide bonds. The number of ketones is 1. The lowest BCUT2D eigenvalue weighted by molar-refractivity contribution is 0.104. The standard InChI is InChI=1S/C26H22O4S/c1-3-14-30-21-11-5-18(6-12-21)25(28)24-22-13-4-17(16-27)15-23(22)31-26(24)19-7-9-20(29-2)10-8-19/h4-13,15-16H,3,14H2,1-2H3. The highest BCUT2D eigenvalue weighted by atomic mass is 32.1. The number of thiophene rings is 1. The summed E-state index contributed by atoms with van der Waals surface area (Å²) in [6, 6.07) is 20.3. The zero-order valence-electron chi connectivity index (χ0n) is 17.4. The van der Waals surface area contributed by atoms with Crippen molar-refractivity contribution in [1.29, 1.82) is 0 Å². The molecule has 0 radical (unpaired) electrons. The van der Waals surface area contributed by atoms with E-state index in [1.54, 1.807) is 25.3 Å². The van der Waals surface area contributed by atoms with Gasteiger partial charge in [-0.25, -0.2) is 0 Å². The third-order valence-corrected chi connectivity index (χ3v) is 6.22. The van der Waals surface area contributed by atoms with Crippen molar-refractivity contribution < 1.29 is 19.1 Å². The fourth-order valence-corrected chi connectivity index (χ4v) is 4.68. The van der Waals surface area contributed by atoms with Gasteiger partial charge in [-0.1, -0.05) is 19.1 Å². The van der Waals surface area contributed by atoms with E-state index in [2.05, 4.69) is 6.92 Å². The van der Waals surface area contributed by atoms with Crippen molar-refractivity contribution in [3.63, 3.8) is 0 Å². The van der Waals surface area contributed by atoms with Crippen LogP contribution in [0.5, 0.6) is 11.5 Å². The minimum atomic E-state index is -0.0574. The van der Waals surface area contributed by atoms with E-state index in [0.717, 1.165) is 44.7 Å². The van der Waals surface area contributed by atoms with Crippen molar-refractivity contribution in [1.82, 2.24) is 0 Å². The van der Waals surface area contributed by atoms with Crippen LogP contribution in [0.3, 0.4) is 0 Å². The van der Waals surface area contributed by atoms with E-state index in [1.807, 2.05) is 48.5 Å². The van der Waals surface area contributed by atoms with E-state index in [0.29, 0.717) is 23.3 Å². The second-order valence-electron chi connectivity index (χ2n) is 7.11. The maximum Gasteiger partial charge on any atom is 0.195 e. The van der Waals surface area contributed by atoms with Gasteiger partial charge in [0.1, 0.15) is 17.8 Å². The van der Waals surface area contributed by atoms with Crippen LogP contribution in [-0.2, 0) is 0 Å². The van der Waals surface area contributed by atoms with Crippen LogP contribution in [0.15, 0.2) is 66.7 Å². The van der Waals surface area contributed by atoms with Crippen molar-refractivity contribution in [3.8, 4) is 21.9 Å². The van der Waals surface area contributed by atoms with Gasteiger partial charge >= 0.3 is 0 Å². The molecule has 4 aromatic rings. The van der Waals surface area contributed by atoms with Gasteiger partial charge in [0.25, 0.3) is 0 Å². The maximum atomic E-state index is 13.6. The van der Waals surface area contributed by atoms with Crippen molar-refractivity contribution in [2.45, 2.75) is 13.3 Å². The number of ether oxygens (including phenoxy) is 2. The Balaban J connectivity index is 1.82. The third-order valence-electron chi connectivity index (χ3n) is 5.02. The molecule has 4 rings (SSSR count). The molecule has 0 aliphatic heterocycles. The molecule has 0 aliphatic rings. The highest BCUT2D eigenvalue weighted by Gasteiger charge is 2.22. The average molecular weight is 431 g/mol. The zero-order valence-corrected chi connectivity index (χ0v) is 18.2. The van der Waals surface area contributed by atoms with E-state index >= 15 is 0 Å². The fourth-order valence-electron chi connectivity index (χ4n) is 3.42. The predicted molar refractivity (Wildman–Crippen MR) is 125 cm³/mol. The molecule has 0 spiro atoms. The number of fused-ring (bicyclic) bond motifs is 1. The van der Waals surface area contributed by atoms with Gasteiger partial charge in [0.2, 0.25) is 0 Å². The van der Waals surface area contributed by atoms with Gasteiger partial charge in [-0.15, -0.1) is 11.3 Å². The molecule has 0 fully saturated rings. The average Bonchev–Trinajstić information content (AvgIpc) is 3.21. The van der Waals surface area contributed by atoms with Crippen LogP contribution in [-0.4, -0.2) is 25.8 Å². The lowest BCUT2D eigenvalue weighted by Gasteiger charge is -2.08. The summed E-state index contributed by atoms with van der Waals surface area (Å²) in [5.41, 5.74) is 2.76. The third kappa shape index (κ3) is 4.23. The van der Waals surface area contributed by atoms with Crippen molar-refractivity contribution in [2.24, 2.45) is 0 Å². The van der Waals surface area contributed by atoms with E-state index in [1.165, 1.54) is 11.3 Å². The Morgan fingerprint density at radius 2 is 1.68 bits per heavy atom. The molecular weight excluding hydrogens is 408 g/mol. The summed E-state index contributed by atoms with van der Waals surface area (Å²) in [4.78, 5) is 25.7. The molecule has 0 N–H and O–H groups in total. The molecule has 0 atom stereocenters. The van der Waals surface area contributed by atoms with Crippen LogP contribution < -0.4 is 9.47 Å². The number of benzene rings is 3. The minimum Gasteiger partial charge on any atom is -0.497 e. The number of carbonyl (C=O) groups excluding carboxylic acids is 2. The van der Waals surface area contributed by atoms with E-state index in [4.69, 9.17) is 9.47 Å². The molecular formula is C26H22O4S. The van der Waals surface area contributed by atoms with E-state index in [-0.39, 0.29) is 5.78 Å². The first-order valence-corrected chi connectivity index (χ1v) is 10.9. The molecule has 0 aliphatic carbocycles. The Morgan fingerprint density at radius 1 is 0.968 bits per heavy atom. The predicted octanol–water partition coefficient (Wildman–Crippen LogP) is 6.41. The highest BCUT2D eigenvalue weighted by Crippen LogP contribution is 2.40. The van der Waals surface area contributed by atoms with Crippen LogP contribution in [0.25, 0.3) is 20.5 Å². The van der Waals surface area contributed by atoms with Crippen molar-refractivity contribution in [2.75, 3.05) is 13.7 Å². The molecule has 3 aromatic carbocycles. The van der Waals surface area contributed by atoms with Crippen molar-refractivity contribution >= 4 is 33.5 Å². The Labute approximate surface area is 185 Å². The Bertz CT molecular complexity index is 1220. The normalized spacial score (nSPS) is 10.8. The number of methoxy groups -OCH3 is 1. The van der Waals surface area contributed by atoms with Gasteiger partial charge in [0.15, 0.2) is 5.78 Å². The number of hydrogen-bond acceptors (Lipinski definition) is 5. The first kappa shape index (κ1) is 20.8. The van der Waals surface area contributed by atoms with Gasteiger partial charge in [-0.05, 0) is 66.6 Å². The fraction of sp³-hybridized carbons (Fsp3) is 0.154. The Hall–Kier alpha value is -3.44. The molecule has 31 heavy (non-hydrogen) atoms. The summed E-state index contributed by atoms with van der Waals surface area (Å²) >= 11 is 1.51. The number of carbonyl (C=O) groups is 2. The van der Waals surface area contributed by atoms with Crippen LogP contribution in [0.1, 0.15) is 39.6 Å². The second-order valence-corrected chi connectivity index (χ2v) is 8.16. The summed E-state index contributed by atoms with van der Waals surface area (Å²) in [5.74, 6) is 1.45. The highest BCUT2D eigenvalue weighted by molar-refractivity contribution is 7.22. The van der Waals surface area contributed by atoms with E-state index in [9.17, 15) is 9.59 Å². The number of hydrogen-bond donors (Lipinski definition) is 0. The second kappa shape index (κ2) is 9.14. The van der Waals surface area contributed by atoms with Crippen LogP contribution in [0, 0.1) is 0 Å². The van der Waals surface area contributed by atoms with Crippen molar-refractivity contribution in [3.05, 3.63) is 83.4 Å². The monoisotopic (exact) mass is 430 g/mol. The van der Waals surface area contributed by atoms with E-state index < -0.39 is 0 Å². The lowest BCUT2D eigenvalue weighted by atomic mass is 9.97. The Morgan fingerprint density at radius 3 is 2.32 bits per heavy atom. The molecule has 1 aromatic heterocycles. The largest absolute Gasteiger partial charge is 0.497 e. The maximum absolute atomic E-state index is 13.6. The summed E-state index contributed by atoms with van der Waals surface area (Å²) in [6.45, 7) is 2.69.